The SMILES string of the molecule is CCNC(Cc1ccccc1F)c1ccc(Br)cc1Br. The zero-order valence-corrected chi connectivity index (χ0v) is 14.3. The van der Waals surface area contributed by atoms with Gasteiger partial charge in [0, 0.05) is 15.0 Å². The second-order valence-corrected chi connectivity index (χ2v) is 6.34. The highest BCUT2D eigenvalue weighted by Gasteiger charge is 2.16. The van der Waals surface area contributed by atoms with Gasteiger partial charge in [-0.1, -0.05) is 63.0 Å². The Bertz CT molecular complexity index is 586. The van der Waals surface area contributed by atoms with Crippen molar-refractivity contribution >= 4 is 31.9 Å². The van der Waals surface area contributed by atoms with Crippen LogP contribution in [0.2, 0.25) is 0 Å². The molecular formula is C16H16Br2FN. The fourth-order valence-corrected chi connectivity index (χ4v) is 3.53. The van der Waals surface area contributed by atoms with E-state index < -0.39 is 0 Å². The Kier molecular flexibility index (Phi) is 5.75. The van der Waals surface area contributed by atoms with Crippen molar-refractivity contribution in [1.29, 1.82) is 0 Å². The zero-order valence-electron chi connectivity index (χ0n) is 11.2. The maximum absolute atomic E-state index is 13.8. The Hall–Kier alpha value is -0.710. The van der Waals surface area contributed by atoms with Gasteiger partial charge < -0.3 is 5.32 Å². The molecule has 0 aromatic heterocycles. The van der Waals surface area contributed by atoms with Crippen molar-refractivity contribution in [2.24, 2.45) is 0 Å². The third-order valence-electron chi connectivity index (χ3n) is 3.17. The first-order valence-corrected chi connectivity index (χ1v) is 8.12. The first-order valence-electron chi connectivity index (χ1n) is 6.53. The number of benzene rings is 2. The van der Waals surface area contributed by atoms with Crippen LogP contribution in [0.25, 0.3) is 0 Å². The molecule has 106 valence electrons. The molecule has 0 heterocycles. The van der Waals surface area contributed by atoms with Gasteiger partial charge in [0.25, 0.3) is 0 Å². The molecule has 0 aliphatic heterocycles. The van der Waals surface area contributed by atoms with Crippen LogP contribution in [0.3, 0.4) is 0 Å². The molecule has 0 bridgehead atoms. The van der Waals surface area contributed by atoms with Gasteiger partial charge in [0.15, 0.2) is 0 Å². The van der Waals surface area contributed by atoms with Crippen molar-refractivity contribution in [2.45, 2.75) is 19.4 Å². The van der Waals surface area contributed by atoms with E-state index in [1.807, 2.05) is 24.3 Å². The third-order valence-corrected chi connectivity index (χ3v) is 4.35. The molecule has 0 saturated heterocycles. The number of halogens is 3. The summed E-state index contributed by atoms with van der Waals surface area (Å²) >= 11 is 7.04. The topological polar surface area (TPSA) is 12.0 Å². The number of likely N-dealkylation sites (N-methyl/N-ethyl adjacent to an activating group) is 1. The molecule has 1 N–H and O–H groups in total. The third kappa shape index (κ3) is 3.90. The molecule has 1 unspecified atom stereocenters. The van der Waals surface area contributed by atoms with Gasteiger partial charge >= 0.3 is 0 Å². The molecule has 0 aliphatic carbocycles. The van der Waals surface area contributed by atoms with Crippen LogP contribution >= 0.6 is 31.9 Å². The molecule has 20 heavy (non-hydrogen) atoms. The van der Waals surface area contributed by atoms with E-state index >= 15 is 0 Å². The van der Waals surface area contributed by atoms with Gasteiger partial charge in [0.05, 0.1) is 0 Å². The van der Waals surface area contributed by atoms with Crippen molar-refractivity contribution in [3.05, 3.63) is 68.4 Å². The maximum atomic E-state index is 13.8. The largest absolute Gasteiger partial charge is 0.310 e. The van der Waals surface area contributed by atoms with E-state index in [9.17, 15) is 4.39 Å². The van der Waals surface area contributed by atoms with E-state index in [4.69, 9.17) is 0 Å². The summed E-state index contributed by atoms with van der Waals surface area (Å²) in [7, 11) is 0. The van der Waals surface area contributed by atoms with Gasteiger partial charge in [0.2, 0.25) is 0 Å². The van der Waals surface area contributed by atoms with Gasteiger partial charge in [0.1, 0.15) is 5.82 Å². The lowest BCUT2D eigenvalue weighted by Crippen LogP contribution is -2.23. The summed E-state index contributed by atoms with van der Waals surface area (Å²) in [6, 6.07) is 13.1. The maximum Gasteiger partial charge on any atom is 0.126 e. The summed E-state index contributed by atoms with van der Waals surface area (Å²) < 4.78 is 15.9. The van der Waals surface area contributed by atoms with E-state index in [-0.39, 0.29) is 11.9 Å². The highest BCUT2D eigenvalue weighted by Crippen LogP contribution is 2.29. The Morgan fingerprint density at radius 1 is 1.15 bits per heavy atom. The summed E-state index contributed by atoms with van der Waals surface area (Å²) in [5, 5.41) is 3.42. The number of nitrogens with one attached hydrogen (secondary N) is 1. The Morgan fingerprint density at radius 2 is 1.90 bits per heavy atom. The van der Waals surface area contributed by atoms with E-state index in [0.717, 1.165) is 26.6 Å². The van der Waals surface area contributed by atoms with Gasteiger partial charge in [-0.2, -0.15) is 0 Å². The molecule has 0 spiro atoms. The molecule has 2 rings (SSSR count). The first-order chi connectivity index (χ1) is 9.61. The smallest absolute Gasteiger partial charge is 0.126 e. The first kappa shape index (κ1) is 15.7. The minimum Gasteiger partial charge on any atom is -0.310 e. The van der Waals surface area contributed by atoms with Crippen LogP contribution in [-0.2, 0) is 6.42 Å². The van der Waals surface area contributed by atoms with E-state index in [0.29, 0.717) is 6.42 Å². The molecule has 1 atom stereocenters. The summed E-state index contributed by atoms with van der Waals surface area (Å²) in [5.41, 5.74) is 1.87. The molecule has 0 radical (unpaired) electrons. The normalized spacial score (nSPS) is 12.4. The molecule has 0 aliphatic rings. The van der Waals surface area contributed by atoms with Gasteiger partial charge in [-0.05, 0) is 42.3 Å². The highest BCUT2D eigenvalue weighted by molar-refractivity contribution is 9.11. The van der Waals surface area contributed by atoms with Crippen molar-refractivity contribution in [3.8, 4) is 0 Å². The fourth-order valence-electron chi connectivity index (χ4n) is 2.21. The van der Waals surface area contributed by atoms with E-state index in [2.05, 4.69) is 50.2 Å². The average Bonchev–Trinajstić information content (AvgIpc) is 2.41. The quantitative estimate of drug-likeness (QED) is 0.723. The summed E-state index contributed by atoms with van der Waals surface area (Å²) in [6.45, 7) is 2.89. The van der Waals surface area contributed by atoms with Crippen LogP contribution < -0.4 is 5.32 Å². The molecule has 1 nitrogen and oxygen atoms in total. The Labute approximate surface area is 135 Å². The van der Waals surface area contributed by atoms with Crippen molar-refractivity contribution in [1.82, 2.24) is 5.32 Å². The van der Waals surface area contributed by atoms with Crippen molar-refractivity contribution < 1.29 is 4.39 Å². The fraction of sp³-hybridized carbons (Fsp3) is 0.250. The zero-order chi connectivity index (χ0) is 14.5. The lowest BCUT2D eigenvalue weighted by atomic mass is 9.98. The van der Waals surface area contributed by atoms with Crippen LogP contribution in [0.5, 0.6) is 0 Å². The molecular weight excluding hydrogens is 385 g/mol. The average molecular weight is 401 g/mol. The van der Waals surface area contributed by atoms with Gasteiger partial charge in [-0.25, -0.2) is 4.39 Å². The van der Waals surface area contributed by atoms with Crippen LogP contribution in [0.15, 0.2) is 51.4 Å². The molecule has 0 amide bonds. The van der Waals surface area contributed by atoms with Gasteiger partial charge in [-0.15, -0.1) is 0 Å². The number of rotatable bonds is 5. The van der Waals surface area contributed by atoms with E-state index in [1.54, 1.807) is 6.07 Å². The van der Waals surface area contributed by atoms with Crippen molar-refractivity contribution in [2.75, 3.05) is 6.54 Å². The van der Waals surface area contributed by atoms with Gasteiger partial charge in [-0.3, -0.25) is 0 Å². The van der Waals surface area contributed by atoms with Crippen LogP contribution in [-0.4, -0.2) is 6.54 Å². The predicted octanol–water partition coefficient (Wildman–Crippen LogP) is 5.24. The van der Waals surface area contributed by atoms with Crippen LogP contribution in [0, 0.1) is 5.82 Å². The molecule has 2 aromatic rings. The highest BCUT2D eigenvalue weighted by atomic mass is 79.9. The summed E-state index contributed by atoms with van der Waals surface area (Å²) in [5.74, 6) is -0.149. The lowest BCUT2D eigenvalue weighted by molar-refractivity contribution is 0.526. The second kappa shape index (κ2) is 7.34. The van der Waals surface area contributed by atoms with Crippen molar-refractivity contribution in [3.63, 3.8) is 0 Å². The molecule has 0 fully saturated rings. The minimum absolute atomic E-state index is 0.0828. The van der Waals surface area contributed by atoms with Crippen LogP contribution in [0.1, 0.15) is 24.1 Å². The van der Waals surface area contributed by atoms with E-state index in [1.165, 1.54) is 6.07 Å². The molecule has 0 saturated carbocycles. The minimum atomic E-state index is -0.149. The predicted molar refractivity (Wildman–Crippen MR) is 88.4 cm³/mol. The number of hydrogen-bond acceptors (Lipinski definition) is 1. The summed E-state index contributed by atoms with van der Waals surface area (Å²) in [6.07, 6.45) is 0.626. The molecule has 4 heteroatoms. The second-order valence-electron chi connectivity index (χ2n) is 4.57. The Balaban J connectivity index is 2.29. The monoisotopic (exact) mass is 399 g/mol. The van der Waals surface area contributed by atoms with Crippen LogP contribution in [0.4, 0.5) is 4.39 Å². The number of hydrogen-bond donors (Lipinski definition) is 1. The Morgan fingerprint density at radius 3 is 2.55 bits per heavy atom. The standard InChI is InChI=1S/C16H16Br2FN/c1-2-20-16(9-11-5-3-4-6-15(11)19)13-8-7-12(17)10-14(13)18/h3-8,10,16,20H,2,9H2,1H3. The molecule has 2 aromatic carbocycles. The summed E-state index contributed by atoms with van der Waals surface area (Å²) in [4.78, 5) is 0. The lowest BCUT2D eigenvalue weighted by Gasteiger charge is -2.20.